The number of rotatable bonds is 7. The number of methoxy groups -OCH3 is 1. The molecule has 1 aromatic rings. The third-order valence-corrected chi connectivity index (χ3v) is 4.73. The van der Waals surface area contributed by atoms with Gasteiger partial charge in [0.25, 0.3) is 0 Å². The van der Waals surface area contributed by atoms with Crippen molar-refractivity contribution in [1.29, 1.82) is 0 Å². The van der Waals surface area contributed by atoms with Crippen molar-refractivity contribution in [3.63, 3.8) is 0 Å². The van der Waals surface area contributed by atoms with E-state index in [1.165, 1.54) is 12.1 Å². The molecular weight excluding hydrogens is 359 g/mol. The minimum absolute atomic E-state index is 0.389. The molecule has 0 aromatic heterocycles. The first-order chi connectivity index (χ1) is 12.9. The molecule has 0 unspecified atom stereocenters. The molecular formula is C19H28F3N3O2. The molecule has 0 spiro atoms. The molecule has 0 atom stereocenters. The second kappa shape index (κ2) is 9.94. The molecule has 1 aliphatic heterocycles. The molecule has 0 bridgehead atoms. The summed E-state index contributed by atoms with van der Waals surface area (Å²) < 4.78 is 50.0. The fourth-order valence-electron chi connectivity index (χ4n) is 3.17. The molecule has 1 heterocycles. The Bertz CT molecular complexity index is 614. The molecule has 1 aliphatic rings. The maximum atomic E-state index is 13.2. The van der Waals surface area contributed by atoms with E-state index in [0.717, 1.165) is 6.07 Å². The number of ether oxygens (including phenoxy) is 2. The van der Waals surface area contributed by atoms with Crippen molar-refractivity contribution < 1.29 is 22.6 Å². The summed E-state index contributed by atoms with van der Waals surface area (Å²) in [6, 6.07) is 5.60. The topological polar surface area (TPSA) is 54.9 Å². The van der Waals surface area contributed by atoms with Crippen LogP contribution < -0.4 is 10.6 Å². The van der Waals surface area contributed by atoms with Gasteiger partial charge in [0.05, 0.1) is 18.7 Å². The molecule has 5 nitrogen and oxygen atoms in total. The Morgan fingerprint density at radius 2 is 2.00 bits per heavy atom. The molecule has 27 heavy (non-hydrogen) atoms. The van der Waals surface area contributed by atoms with Crippen molar-refractivity contribution in [2.24, 2.45) is 4.99 Å². The van der Waals surface area contributed by atoms with E-state index < -0.39 is 17.2 Å². The molecule has 0 saturated carbocycles. The van der Waals surface area contributed by atoms with Crippen LogP contribution in [-0.2, 0) is 21.1 Å². The highest BCUT2D eigenvalue weighted by Gasteiger charge is 2.37. The van der Waals surface area contributed by atoms with Gasteiger partial charge in [-0.25, -0.2) is 0 Å². The zero-order valence-electron chi connectivity index (χ0n) is 15.9. The van der Waals surface area contributed by atoms with Gasteiger partial charge < -0.3 is 20.1 Å². The molecule has 2 N–H and O–H groups in total. The van der Waals surface area contributed by atoms with Gasteiger partial charge in [-0.1, -0.05) is 18.2 Å². The molecule has 0 aliphatic carbocycles. The first-order valence-electron chi connectivity index (χ1n) is 9.18. The number of hydrogen-bond acceptors (Lipinski definition) is 3. The molecule has 152 valence electrons. The highest BCUT2D eigenvalue weighted by molar-refractivity contribution is 5.79. The van der Waals surface area contributed by atoms with E-state index in [1.807, 2.05) is 6.92 Å². The summed E-state index contributed by atoms with van der Waals surface area (Å²) in [5.41, 5.74) is -0.430. The van der Waals surface area contributed by atoms with Crippen LogP contribution in [0.5, 0.6) is 0 Å². The molecule has 1 aromatic carbocycles. The van der Waals surface area contributed by atoms with E-state index in [4.69, 9.17) is 9.47 Å². The number of halogens is 3. The Morgan fingerprint density at radius 1 is 1.26 bits per heavy atom. The number of alkyl halides is 3. The second-order valence-electron chi connectivity index (χ2n) is 6.59. The van der Waals surface area contributed by atoms with Gasteiger partial charge in [0.2, 0.25) is 0 Å². The van der Waals surface area contributed by atoms with Gasteiger partial charge in [-0.3, -0.25) is 4.99 Å². The smallest absolute Gasteiger partial charge is 0.383 e. The number of benzene rings is 1. The minimum Gasteiger partial charge on any atom is -0.383 e. The van der Waals surface area contributed by atoms with Crippen LogP contribution in [0.4, 0.5) is 13.2 Å². The van der Waals surface area contributed by atoms with Gasteiger partial charge in [0.15, 0.2) is 5.96 Å². The van der Waals surface area contributed by atoms with Gasteiger partial charge in [-0.2, -0.15) is 13.2 Å². The van der Waals surface area contributed by atoms with E-state index in [9.17, 15) is 13.2 Å². The summed E-state index contributed by atoms with van der Waals surface area (Å²) in [6.45, 7) is 5.21. The quantitative estimate of drug-likeness (QED) is 0.429. The predicted octanol–water partition coefficient (Wildman–Crippen LogP) is 2.96. The highest BCUT2D eigenvalue weighted by atomic mass is 19.4. The normalized spacial score (nSPS) is 17.6. The first kappa shape index (κ1) is 21.5. The maximum Gasteiger partial charge on any atom is 0.416 e. The molecule has 2 rings (SSSR count). The van der Waals surface area contributed by atoms with Crippen molar-refractivity contribution >= 4 is 5.96 Å². The number of aliphatic imine (C=N–C) groups is 1. The summed E-state index contributed by atoms with van der Waals surface area (Å²) in [4.78, 5) is 4.65. The lowest BCUT2D eigenvalue weighted by Gasteiger charge is -2.37. The van der Waals surface area contributed by atoms with E-state index in [-0.39, 0.29) is 0 Å². The zero-order chi connectivity index (χ0) is 19.8. The van der Waals surface area contributed by atoms with E-state index >= 15 is 0 Å². The third-order valence-electron chi connectivity index (χ3n) is 4.73. The molecule has 0 radical (unpaired) electrons. The molecule has 1 saturated heterocycles. The first-order valence-corrected chi connectivity index (χ1v) is 9.18. The monoisotopic (exact) mass is 387 g/mol. The van der Waals surface area contributed by atoms with Crippen molar-refractivity contribution in [3.8, 4) is 0 Å². The number of hydrogen-bond donors (Lipinski definition) is 2. The van der Waals surface area contributed by atoms with Crippen molar-refractivity contribution in [3.05, 3.63) is 35.4 Å². The summed E-state index contributed by atoms with van der Waals surface area (Å²) in [6.07, 6.45) is -3.09. The average molecular weight is 387 g/mol. The fourth-order valence-corrected chi connectivity index (χ4v) is 3.17. The van der Waals surface area contributed by atoms with Crippen LogP contribution in [0.15, 0.2) is 29.3 Å². The standard InChI is InChI=1S/C19H28F3N3O2/c1-3-23-17(24-9-12-26-2)25-14-18(7-10-27-11-8-18)15-5-4-6-16(13-15)19(20,21)22/h4-6,13H,3,7-12,14H2,1-2H3,(H2,23,24,25). The van der Waals surface area contributed by atoms with Crippen LogP contribution in [0, 0.1) is 0 Å². The van der Waals surface area contributed by atoms with Gasteiger partial charge in [0.1, 0.15) is 0 Å². The number of nitrogens with one attached hydrogen (secondary N) is 2. The SMILES string of the molecule is CCNC(=NCC1(c2cccc(C(F)(F)F)c2)CCOCC1)NCCOC. The van der Waals surface area contributed by atoms with Crippen molar-refractivity contribution in [2.75, 3.05) is 46.6 Å². The van der Waals surface area contributed by atoms with Crippen molar-refractivity contribution in [2.45, 2.75) is 31.4 Å². The summed E-state index contributed by atoms with van der Waals surface area (Å²) in [7, 11) is 1.62. The van der Waals surface area contributed by atoms with Crippen LogP contribution in [0.3, 0.4) is 0 Å². The number of guanidine groups is 1. The summed E-state index contributed by atoms with van der Waals surface area (Å²) >= 11 is 0. The largest absolute Gasteiger partial charge is 0.416 e. The summed E-state index contributed by atoms with van der Waals surface area (Å²) in [5, 5.41) is 6.33. The van der Waals surface area contributed by atoms with E-state index in [2.05, 4.69) is 15.6 Å². The van der Waals surface area contributed by atoms with Crippen LogP contribution in [0.25, 0.3) is 0 Å². The van der Waals surface area contributed by atoms with Crippen LogP contribution in [0.1, 0.15) is 30.9 Å². The van der Waals surface area contributed by atoms with Crippen molar-refractivity contribution in [1.82, 2.24) is 10.6 Å². The Balaban J connectivity index is 2.26. The van der Waals surface area contributed by atoms with Gasteiger partial charge in [0, 0.05) is 38.8 Å². The zero-order valence-corrected chi connectivity index (χ0v) is 15.9. The lowest BCUT2D eigenvalue weighted by atomic mass is 9.74. The predicted molar refractivity (Wildman–Crippen MR) is 99.0 cm³/mol. The highest BCUT2D eigenvalue weighted by Crippen LogP contribution is 2.38. The van der Waals surface area contributed by atoms with Gasteiger partial charge in [-0.15, -0.1) is 0 Å². The van der Waals surface area contributed by atoms with Gasteiger partial charge >= 0.3 is 6.18 Å². The molecule has 8 heteroatoms. The summed E-state index contributed by atoms with van der Waals surface area (Å²) in [5.74, 6) is 0.632. The molecule has 1 fully saturated rings. The van der Waals surface area contributed by atoms with E-state index in [1.54, 1.807) is 13.2 Å². The minimum atomic E-state index is -4.36. The Hall–Kier alpha value is -1.80. The fraction of sp³-hybridized carbons (Fsp3) is 0.632. The Labute approximate surface area is 158 Å². The average Bonchev–Trinajstić information content (AvgIpc) is 2.66. The van der Waals surface area contributed by atoms with Gasteiger partial charge in [-0.05, 0) is 31.4 Å². The third kappa shape index (κ3) is 6.10. The van der Waals surface area contributed by atoms with Crippen LogP contribution in [-0.4, -0.2) is 52.5 Å². The Morgan fingerprint density at radius 3 is 2.63 bits per heavy atom. The van der Waals surface area contributed by atoms with Crippen LogP contribution in [0.2, 0.25) is 0 Å². The maximum absolute atomic E-state index is 13.2. The van der Waals surface area contributed by atoms with Crippen LogP contribution >= 0.6 is 0 Å². The lowest BCUT2D eigenvalue weighted by molar-refractivity contribution is -0.137. The lowest BCUT2D eigenvalue weighted by Crippen LogP contribution is -2.42. The van der Waals surface area contributed by atoms with E-state index in [0.29, 0.717) is 63.8 Å². The Kier molecular flexibility index (Phi) is 7.91. The number of nitrogens with zero attached hydrogens (tertiary/aromatic N) is 1. The molecule has 0 amide bonds. The second-order valence-corrected chi connectivity index (χ2v) is 6.59.